The van der Waals surface area contributed by atoms with E-state index < -0.39 is 10.0 Å². The number of aryl methyl sites for hydroxylation is 1. The number of nitrogens with one attached hydrogen (secondary N) is 1. The van der Waals surface area contributed by atoms with Crippen molar-refractivity contribution in [2.75, 3.05) is 11.8 Å². The van der Waals surface area contributed by atoms with E-state index in [1.165, 1.54) is 7.11 Å². The third kappa shape index (κ3) is 4.36. The highest BCUT2D eigenvalue weighted by atomic mass is 32.2. The number of anilines is 1. The van der Waals surface area contributed by atoms with E-state index in [4.69, 9.17) is 4.74 Å². The average Bonchev–Trinajstić information content (AvgIpc) is 2.48. The molecule has 0 amide bonds. The normalized spacial score (nSPS) is 11.5. The SMILES string of the molecule is COc1cc(C)ccc1NS(=O)(=O)C=Cc1ccccc1. The van der Waals surface area contributed by atoms with Crippen molar-refractivity contribution in [1.82, 2.24) is 0 Å². The first-order chi connectivity index (χ1) is 10.00. The van der Waals surface area contributed by atoms with Crippen LogP contribution in [0.2, 0.25) is 0 Å². The lowest BCUT2D eigenvalue weighted by Gasteiger charge is -2.10. The summed E-state index contributed by atoms with van der Waals surface area (Å²) >= 11 is 0. The van der Waals surface area contributed by atoms with Crippen LogP contribution in [-0.2, 0) is 10.0 Å². The Bertz CT molecular complexity index is 737. The second-order valence-electron chi connectivity index (χ2n) is 4.56. The highest BCUT2D eigenvalue weighted by molar-refractivity contribution is 7.95. The summed E-state index contributed by atoms with van der Waals surface area (Å²) in [6.45, 7) is 1.91. The van der Waals surface area contributed by atoms with E-state index in [0.29, 0.717) is 11.4 Å². The number of rotatable bonds is 5. The zero-order valence-corrected chi connectivity index (χ0v) is 12.7. The molecule has 0 aliphatic carbocycles. The molecular weight excluding hydrogens is 286 g/mol. The number of benzene rings is 2. The smallest absolute Gasteiger partial charge is 0.255 e. The number of ether oxygens (including phenoxy) is 1. The molecule has 2 aromatic carbocycles. The van der Waals surface area contributed by atoms with Gasteiger partial charge in [0.2, 0.25) is 0 Å². The zero-order chi connectivity index (χ0) is 15.3. The maximum Gasteiger partial charge on any atom is 0.255 e. The first-order valence-corrected chi connectivity index (χ1v) is 7.95. The minimum Gasteiger partial charge on any atom is -0.495 e. The third-order valence-corrected chi connectivity index (χ3v) is 3.85. The Labute approximate surface area is 125 Å². The fourth-order valence-electron chi connectivity index (χ4n) is 1.80. The van der Waals surface area contributed by atoms with Crippen LogP contribution in [0.4, 0.5) is 5.69 Å². The van der Waals surface area contributed by atoms with Crippen molar-refractivity contribution in [1.29, 1.82) is 0 Å². The van der Waals surface area contributed by atoms with Crippen LogP contribution >= 0.6 is 0 Å². The molecule has 2 rings (SSSR count). The van der Waals surface area contributed by atoms with Crippen LogP contribution in [0.25, 0.3) is 6.08 Å². The Morgan fingerprint density at radius 3 is 2.48 bits per heavy atom. The Kier molecular flexibility index (Phi) is 4.65. The van der Waals surface area contributed by atoms with E-state index >= 15 is 0 Å². The second-order valence-corrected chi connectivity index (χ2v) is 6.13. The van der Waals surface area contributed by atoms with Crippen molar-refractivity contribution in [2.24, 2.45) is 0 Å². The molecule has 0 saturated heterocycles. The Balaban J connectivity index is 2.20. The zero-order valence-electron chi connectivity index (χ0n) is 11.9. The molecule has 0 spiro atoms. The van der Waals surface area contributed by atoms with Gasteiger partial charge in [-0.05, 0) is 36.3 Å². The maximum atomic E-state index is 12.1. The van der Waals surface area contributed by atoms with Crippen LogP contribution in [0.1, 0.15) is 11.1 Å². The molecule has 0 unspecified atom stereocenters. The van der Waals surface area contributed by atoms with E-state index in [1.807, 2.05) is 43.3 Å². The van der Waals surface area contributed by atoms with Crippen LogP contribution in [0.3, 0.4) is 0 Å². The largest absolute Gasteiger partial charge is 0.495 e. The minimum absolute atomic E-state index is 0.417. The van der Waals surface area contributed by atoms with Crippen LogP contribution in [0.5, 0.6) is 5.75 Å². The molecule has 0 aliphatic heterocycles. The minimum atomic E-state index is -3.59. The second kappa shape index (κ2) is 6.45. The van der Waals surface area contributed by atoms with E-state index in [9.17, 15) is 8.42 Å². The van der Waals surface area contributed by atoms with Gasteiger partial charge >= 0.3 is 0 Å². The van der Waals surface area contributed by atoms with Crippen LogP contribution in [0, 0.1) is 6.92 Å². The number of sulfonamides is 1. The predicted molar refractivity (Wildman–Crippen MR) is 85.7 cm³/mol. The Morgan fingerprint density at radius 1 is 1.10 bits per heavy atom. The van der Waals surface area contributed by atoms with Crippen molar-refractivity contribution in [3.8, 4) is 5.75 Å². The van der Waals surface area contributed by atoms with Crippen LogP contribution < -0.4 is 9.46 Å². The van der Waals surface area contributed by atoms with Gasteiger partial charge in [-0.2, -0.15) is 0 Å². The topological polar surface area (TPSA) is 55.4 Å². The average molecular weight is 303 g/mol. The Morgan fingerprint density at radius 2 is 1.81 bits per heavy atom. The third-order valence-electron chi connectivity index (χ3n) is 2.85. The Hall–Kier alpha value is -2.27. The summed E-state index contributed by atoms with van der Waals surface area (Å²) in [6, 6.07) is 14.5. The maximum absolute atomic E-state index is 12.1. The molecule has 4 nitrogen and oxygen atoms in total. The molecule has 0 aromatic heterocycles. The molecule has 0 heterocycles. The number of hydrogen-bond donors (Lipinski definition) is 1. The van der Waals surface area contributed by atoms with Crippen LogP contribution in [0.15, 0.2) is 53.9 Å². The standard InChI is InChI=1S/C16H17NO3S/c1-13-8-9-15(16(12-13)20-2)17-21(18,19)11-10-14-6-4-3-5-7-14/h3-12,17H,1-2H3. The van der Waals surface area contributed by atoms with Gasteiger partial charge in [0.05, 0.1) is 18.2 Å². The fraction of sp³-hybridized carbons (Fsp3) is 0.125. The monoisotopic (exact) mass is 303 g/mol. The lowest BCUT2D eigenvalue weighted by atomic mass is 10.2. The van der Waals surface area contributed by atoms with Gasteiger partial charge in [-0.3, -0.25) is 4.72 Å². The summed E-state index contributed by atoms with van der Waals surface area (Å²) in [5, 5.41) is 1.14. The van der Waals surface area contributed by atoms with E-state index in [1.54, 1.807) is 18.2 Å². The molecule has 0 aliphatic rings. The highest BCUT2D eigenvalue weighted by Crippen LogP contribution is 2.26. The van der Waals surface area contributed by atoms with Gasteiger partial charge in [-0.25, -0.2) is 8.42 Å². The quantitative estimate of drug-likeness (QED) is 0.921. The molecule has 5 heteroatoms. The molecule has 0 atom stereocenters. The molecule has 21 heavy (non-hydrogen) atoms. The summed E-state index contributed by atoms with van der Waals surface area (Å²) in [5.41, 5.74) is 2.23. The van der Waals surface area contributed by atoms with E-state index in [0.717, 1.165) is 16.5 Å². The lowest BCUT2D eigenvalue weighted by Crippen LogP contribution is -2.09. The molecule has 0 radical (unpaired) electrons. The molecule has 0 bridgehead atoms. The van der Waals surface area contributed by atoms with Gasteiger partial charge in [-0.1, -0.05) is 36.4 Å². The van der Waals surface area contributed by atoms with Crippen molar-refractivity contribution in [2.45, 2.75) is 6.92 Å². The number of methoxy groups -OCH3 is 1. The molecule has 110 valence electrons. The highest BCUT2D eigenvalue weighted by Gasteiger charge is 2.10. The van der Waals surface area contributed by atoms with Crippen molar-refractivity contribution >= 4 is 21.8 Å². The summed E-state index contributed by atoms with van der Waals surface area (Å²) in [4.78, 5) is 0. The summed E-state index contributed by atoms with van der Waals surface area (Å²) in [6.07, 6.45) is 1.54. The summed E-state index contributed by atoms with van der Waals surface area (Å²) in [7, 11) is -2.08. The first kappa shape index (κ1) is 15.1. The molecule has 2 aromatic rings. The lowest BCUT2D eigenvalue weighted by molar-refractivity contribution is 0.416. The van der Waals surface area contributed by atoms with Gasteiger partial charge < -0.3 is 4.74 Å². The summed E-state index contributed by atoms with van der Waals surface area (Å²) < 4.78 is 31.8. The molecule has 1 N–H and O–H groups in total. The predicted octanol–water partition coefficient (Wildman–Crippen LogP) is 3.42. The van der Waals surface area contributed by atoms with Gasteiger partial charge in [0.1, 0.15) is 5.75 Å². The van der Waals surface area contributed by atoms with E-state index in [2.05, 4.69) is 4.72 Å². The fourth-order valence-corrected chi connectivity index (χ4v) is 2.68. The summed E-state index contributed by atoms with van der Waals surface area (Å²) in [5.74, 6) is 0.492. The van der Waals surface area contributed by atoms with Gasteiger partial charge in [-0.15, -0.1) is 0 Å². The van der Waals surface area contributed by atoms with Crippen molar-refractivity contribution < 1.29 is 13.2 Å². The molecule has 0 saturated carbocycles. The van der Waals surface area contributed by atoms with Gasteiger partial charge in [0, 0.05) is 0 Å². The number of hydrogen-bond acceptors (Lipinski definition) is 3. The van der Waals surface area contributed by atoms with Crippen molar-refractivity contribution in [3.05, 3.63) is 65.1 Å². The molecular formula is C16H17NO3S. The molecule has 0 fully saturated rings. The van der Waals surface area contributed by atoms with Crippen molar-refractivity contribution in [3.63, 3.8) is 0 Å². The first-order valence-electron chi connectivity index (χ1n) is 6.41. The van der Waals surface area contributed by atoms with Crippen LogP contribution in [-0.4, -0.2) is 15.5 Å². The van der Waals surface area contributed by atoms with Gasteiger partial charge in [0.15, 0.2) is 0 Å². The van der Waals surface area contributed by atoms with Gasteiger partial charge in [0.25, 0.3) is 10.0 Å². The van der Waals surface area contributed by atoms with E-state index in [-0.39, 0.29) is 0 Å².